The predicted molar refractivity (Wildman–Crippen MR) is 193 cm³/mol. The van der Waals surface area contributed by atoms with Gasteiger partial charge in [-0.05, 0) is 77.5 Å². The van der Waals surface area contributed by atoms with Gasteiger partial charge in [0.25, 0.3) is 0 Å². The van der Waals surface area contributed by atoms with Crippen LogP contribution in [0.1, 0.15) is 84.8 Å². The van der Waals surface area contributed by atoms with Crippen LogP contribution in [-0.2, 0) is 32.2 Å². The zero-order chi connectivity index (χ0) is 36.2. The molecular weight excluding hydrogens is 648 g/mol. The summed E-state index contributed by atoms with van der Waals surface area (Å²) in [5.41, 5.74) is 6.23. The molecule has 4 atom stereocenters. The van der Waals surface area contributed by atoms with E-state index in [1.165, 1.54) is 0 Å². The average Bonchev–Trinajstić information content (AvgIpc) is 3.13. The SMILES string of the molecule is CN(C[C@H]1C[C@@H](c2ccc(CO)cc2)O[C@@H](c2cccc(-c3cccc(CNC(=O)CCCCCC(=O)O)c3)c2)O1)C[C@@H](O)c1cccc(O)c1. The van der Waals surface area contributed by atoms with E-state index in [1.54, 1.807) is 24.3 Å². The van der Waals surface area contributed by atoms with Crippen LogP contribution in [-0.4, -0.2) is 63.4 Å². The molecule has 0 radical (unpaired) electrons. The second kappa shape index (κ2) is 18.6. The first-order valence-electron chi connectivity index (χ1n) is 17.5. The van der Waals surface area contributed by atoms with Crippen LogP contribution in [0.15, 0.2) is 97.1 Å². The summed E-state index contributed by atoms with van der Waals surface area (Å²) >= 11 is 0. The molecular formula is C41H48N2O8. The normalized spacial score (nSPS) is 18.0. The van der Waals surface area contributed by atoms with Crippen molar-refractivity contribution in [3.05, 3.63) is 125 Å². The minimum Gasteiger partial charge on any atom is -0.508 e. The number of aliphatic hydroxyl groups excluding tert-OH is 2. The van der Waals surface area contributed by atoms with E-state index in [1.807, 2.05) is 72.6 Å². The summed E-state index contributed by atoms with van der Waals surface area (Å²) in [6, 6.07) is 30.5. The quantitative estimate of drug-likeness (QED) is 0.0790. The number of aromatic hydroxyl groups is 1. The van der Waals surface area contributed by atoms with Crippen molar-refractivity contribution in [3.63, 3.8) is 0 Å². The van der Waals surface area contributed by atoms with Crippen LogP contribution in [0.3, 0.4) is 0 Å². The van der Waals surface area contributed by atoms with Gasteiger partial charge in [-0.25, -0.2) is 0 Å². The molecule has 0 aromatic heterocycles. The van der Waals surface area contributed by atoms with Crippen molar-refractivity contribution in [1.29, 1.82) is 0 Å². The number of aliphatic carboxylic acids is 1. The average molecular weight is 697 g/mol. The second-order valence-corrected chi connectivity index (χ2v) is 13.2. The number of carbonyl (C=O) groups excluding carboxylic acids is 1. The van der Waals surface area contributed by atoms with E-state index < -0.39 is 18.4 Å². The summed E-state index contributed by atoms with van der Waals surface area (Å²) in [7, 11) is 1.93. The van der Waals surface area contributed by atoms with Gasteiger partial charge in [0, 0.05) is 44.5 Å². The Hall–Kier alpha value is -4.58. The van der Waals surface area contributed by atoms with Gasteiger partial charge in [-0.2, -0.15) is 0 Å². The molecule has 1 heterocycles. The Balaban J connectivity index is 1.26. The monoisotopic (exact) mass is 696 g/mol. The molecule has 10 nitrogen and oxygen atoms in total. The molecule has 10 heteroatoms. The fourth-order valence-electron chi connectivity index (χ4n) is 6.34. The Kier molecular flexibility index (Phi) is 13.7. The maximum absolute atomic E-state index is 12.4. The molecule has 1 saturated heterocycles. The van der Waals surface area contributed by atoms with Crippen LogP contribution in [0, 0.1) is 0 Å². The van der Waals surface area contributed by atoms with E-state index in [0.29, 0.717) is 57.3 Å². The lowest BCUT2D eigenvalue weighted by molar-refractivity contribution is -0.252. The fourth-order valence-corrected chi connectivity index (χ4v) is 6.34. The maximum atomic E-state index is 12.4. The lowest BCUT2D eigenvalue weighted by Gasteiger charge is -2.38. The van der Waals surface area contributed by atoms with Crippen molar-refractivity contribution in [2.24, 2.45) is 0 Å². The van der Waals surface area contributed by atoms with Crippen molar-refractivity contribution < 1.29 is 39.5 Å². The van der Waals surface area contributed by atoms with E-state index in [4.69, 9.17) is 14.6 Å². The number of carboxylic acid groups (broad SMARTS) is 1. The highest BCUT2D eigenvalue weighted by molar-refractivity contribution is 5.76. The molecule has 4 aromatic rings. The highest BCUT2D eigenvalue weighted by Crippen LogP contribution is 2.39. The first-order valence-corrected chi connectivity index (χ1v) is 17.5. The summed E-state index contributed by atoms with van der Waals surface area (Å²) < 4.78 is 13.2. The number of phenolic OH excluding ortho intramolecular Hbond substituents is 1. The third-order valence-corrected chi connectivity index (χ3v) is 9.07. The highest BCUT2D eigenvalue weighted by Gasteiger charge is 2.33. The highest BCUT2D eigenvalue weighted by atomic mass is 16.7. The number of benzene rings is 4. The molecule has 270 valence electrons. The smallest absolute Gasteiger partial charge is 0.303 e. The summed E-state index contributed by atoms with van der Waals surface area (Å²) in [6.07, 6.45) is 1.09. The minimum absolute atomic E-state index is 0.0387. The fraction of sp³-hybridized carbons (Fsp3) is 0.366. The topological polar surface area (TPSA) is 149 Å². The van der Waals surface area contributed by atoms with Gasteiger partial charge in [0.15, 0.2) is 6.29 Å². The number of amides is 1. The van der Waals surface area contributed by atoms with Gasteiger partial charge in [-0.15, -0.1) is 0 Å². The molecule has 51 heavy (non-hydrogen) atoms. The van der Waals surface area contributed by atoms with Gasteiger partial charge in [0.05, 0.1) is 24.9 Å². The van der Waals surface area contributed by atoms with Crippen LogP contribution in [0.25, 0.3) is 11.1 Å². The van der Waals surface area contributed by atoms with E-state index in [-0.39, 0.29) is 36.9 Å². The Labute approximate surface area is 299 Å². The number of nitrogens with zero attached hydrogens (tertiary/aromatic N) is 1. The Morgan fingerprint density at radius 2 is 1.57 bits per heavy atom. The van der Waals surface area contributed by atoms with Crippen LogP contribution in [0.5, 0.6) is 5.75 Å². The van der Waals surface area contributed by atoms with Crippen molar-refractivity contribution in [1.82, 2.24) is 10.2 Å². The molecule has 0 aliphatic carbocycles. The molecule has 0 unspecified atom stereocenters. The molecule has 0 spiro atoms. The third-order valence-electron chi connectivity index (χ3n) is 9.07. The number of ether oxygens (including phenoxy) is 2. The number of hydrogen-bond donors (Lipinski definition) is 5. The summed E-state index contributed by atoms with van der Waals surface area (Å²) in [4.78, 5) is 25.1. The number of phenols is 1. The van der Waals surface area contributed by atoms with Gasteiger partial charge in [0.2, 0.25) is 5.91 Å². The van der Waals surface area contributed by atoms with Crippen molar-refractivity contribution in [2.45, 2.75) is 76.3 Å². The second-order valence-electron chi connectivity index (χ2n) is 13.2. The maximum Gasteiger partial charge on any atom is 0.303 e. The number of unbranched alkanes of at least 4 members (excludes halogenated alkanes) is 2. The molecule has 0 bridgehead atoms. The van der Waals surface area contributed by atoms with Gasteiger partial charge in [-0.1, -0.05) is 79.2 Å². The first kappa shape index (κ1) is 37.7. The van der Waals surface area contributed by atoms with Crippen LogP contribution >= 0.6 is 0 Å². The number of hydrogen-bond acceptors (Lipinski definition) is 8. The Morgan fingerprint density at radius 1 is 0.843 bits per heavy atom. The number of rotatable bonds is 17. The molecule has 5 N–H and O–H groups in total. The van der Waals surface area contributed by atoms with Crippen molar-refractivity contribution in [2.75, 3.05) is 20.1 Å². The predicted octanol–water partition coefficient (Wildman–Crippen LogP) is 6.41. The van der Waals surface area contributed by atoms with Gasteiger partial charge < -0.3 is 40.1 Å². The molecule has 1 amide bonds. The van der Waals surface area contributed by atoms with Crippen LogP contribution in [0.4, 0.5) is 0 Å². The Morgan fingerprint density at radius 3 is 2.31 bits per heavy atom. The molecule has 5 rings (SSSR count). The molecule has 0 saturated carbocycles. The third kappa shape index (κ3) is 11.5. The largest absolute Gasteiger partial charge is 0.508 e. The van der Waals surface area contributed by atoms with E-state index in [9.17, 15) is 24.9 Å². The van der Waals surface area contributed by atoms with Gasteiger partial charge >= 0.3 is 5.97 Å². The number of carbonyl (C=O) groups is 2. The molecule has 1 aliphatic rings. The van der Waals surface area contributed by atoms with Gasteiger partial charge in [0.1, 0.15) is 5.75 Å². The number of aliphatic hydroxyl groups is 2. The van der Waals surface area contributed by atoms with Crippen molar-refractivity contribution in [3.8, 4) is 16.9 Å². The van der Waals surface area contributed by atoms with Crippen molar-refractivity contribution >= 4 is 11.9 Å². The Bertz CT molecular complexity index is 1730. The summed E-state index contributed by atoms with van der Waals surface area (Å²) in [5, 5.41) is 42.0. The lowest BCUT2D eigenvalue weighted by atomic mass is 9.98. The first-order chi connectivity index (χ1) is 24.7. The lowest BCUT2D eigenvalue weighted by Crippen LogP contribution is -2.39. The minimum atomic E-state index is -0.814. The molecule has 1 aliphatic heterocycles. The zero-order valence-corrected chi connectivity index (χ0v) is 29.0. The van der Waals surface area contributed by atoms with E-state index in [0.717, 1.165) is 33.4 Å². The number of carboxylic acids is 1. The van der Waals surface area contributed by atoms with E-state index in [2.05, 4.69) is 17.4 Å². The van der Waals surface area contributed by atoms with Gasteiger partial charge in [-0.3, -0.25) is 9.59 Å². The van der Waals surface area contributed by atoms with E-state index >= 15 is 0 Å². The molecule has 1 fully saturated rings. The van der Waals surface area contributed by atoms with Crippen LogP contribution < -0.4 is 5.32 Å². The zero-order valence-electron chi connectivity index (χ0n) is 29.0. The molecule has 4 aromatic carbocycles. The van der Waals surface area contributed by atoms with Crippen LogP contribution in [0.2, 0.25) is 0 Å². The summed E-state index contributed by atoms with van der Waals surface area (Å²) in [5.74, 6) is -0.761. The number of likely N-dealkylation sites (N-methyl/N-ethyl adjacent to an activating group) is 1. The standard InChI is InChI=1S/C41H48N2O8/c1-43(26-37(46)33-11-7-13-35(45)22-33)25-36-23-38(30-18-16-28(27-44)17-19-30)51-41(50-36)34-12-6-10-32(21-34)31-9-5-8-29(20-31)24-42-39(47)14-3-2-4-15-40(48)49/h5-13,16-22,36-38,41,44-46H,2-4,14-15,23-27H2,1H3,(H,42,47)(H,48,49)/t36-,37-,38+,41+/m1/s1. The summed E-state index contributed by atoms with van der Waals surface area (Å²) in [6.45, 7) is 1.24. The number of nitrogens with one attached hydrogen (secondary N) is 1.